The fourth-order valence-electron chi connectivity index (χ4n) is 1.81. The molecule has 0 aliphatic heterocycles. The summed E-state index contributed by atoms with van der Waals surface area (Å²) >= 11 is 0. The first-order valence-corrected chi connectivity index (χ1v) is 6.87. The number of para-hydroxylation sites is 2. The second-order valence-electron chi connectivity index (χ2n) is 4.54. The number of hydrogen-bond acceptors (Lipinski definition) is 4. The lowest BCUT2D eigenvalue weighted by Crippen LogP contribution is -2.09. The van der Waals surface area contributed by atoms with Crippen molar-refractivity contribution in [2.24, 2.45) is 0 Å². The number of esters is 1. The highest BCUT2D eigenvalue weighted by Crippen LogP contribution is 2.25. The molecule has 5 nitrogen and oxygen atoms in total. The normalized spacial score (nSPS) is 10.0. The molecule has 0 spiro atoms. The predicted molar refractivity (Wildman–Crippen MR) is 80.1 cm³/mol. The molecular weight excluding hydrogens is 284 g/mol. The summed E-state index contributed by atoms with van der Waals surface area (Å²) in [6, 6.07) is 15.9. The van der Waals surface area contributed by atoms with E-state index in [1.165, 1.54) is 0 Å². The topological polar surface area (TPSA) is 72.8 Å². The van der Waals surface area contributed by atoms with Crippen molar-refractivity contribution in [2.75, 3.05) is 6.61 Å². The third-order valence-electron chi connectivity index (χ3n) is 2.85. The fraction of sp³-hybridized carbons (Fsp3) is 0.176. The molecule has 0 unspecified atom stereocenters. The third kappa shape index (κ3) is 4.63. The quantitative estimate of drug-likeness (QED) is 0.626. The zero-order valence-corrected chi connectivity index (χ0v) is 11.9. The largest absolute Gasteiger partial charge is 0.481 e. The summed E-state index contributed by atoms with van der Waals surface area (Å²) in [4.78, 5) is 22.5. The summed E-state index contributed by atoms with van der Waals surface area (Å²) in [7, 11) is 0. The number of hydrogen-bond donors (Lipinski definition) is 1. The molecule has 0 saturated heterocycles. The minimum atomic E-state index is -0.913. The molecular formula is C17H16O5. The van der Waals surface area contributed by atoms with Crippen LogP contribution in [0, 0.1) is 0 Å². The van der Waals surface area contributed by atoms with Gasteiger partial charge in [0, 0.05) is 6.42 Å². The van der Waals surface area contributed by atoms with Gasteiger partial charge in [0.25, 0.3) is 0 Å². The second kappa shape index (κ2) is 7.83. The zero-order chi connectivity index (χ0) is 15.8. The highest BCUT2D eigenvalue weighted by atomic mass is 16.5. The van der Waals surface area contributed by atoms with E-state index in [1.807, 2.05) is 18.2 Å². The second-order valence-corrected chi connectivity index (χ2v) is 4.54. The van der Waals surface area contributed by atoms with E-state index in [1.54, 1.807) is 36.4 Å². The molecule has 0 bridgehead atoms. The number of carbonyl (C=O) groups excluding carboxylic acids is 1. The van der Waals surface area contributed by atoms with Gasteiger partial charge in [0.15, 0.2) is 0 Å². The first-order chi connectivity index (χ1) is 10.7. The fourth-order valence-corrected chi connectivity index (χ4v) is 1.81. The highest BCUT2D eigenvalue weighted by Gasteiger charge is 2.14. The van der Waals surface area contributed by atoms with Gasteiger partial charge in [-0.25, -0.2) is 4.79 Å². The average molecular weight is 300 g/mol. The first kappa shape index (κ1) is 15.6. The van der Waals surface area contributed by atoms with Crippen molar-refractivity contribution in [3.8, 4) is 11.5 Å². The smallest absolute Gasteiger partial charge is 0.341 e. The van der Waals surface area contributed by atoms with Crippen molar-refractivity contribution in [3.05, 3.63) is 60.2 Å². The molecule has 22 heavy (non-hydrogen) atoms. The van der Waals surface area contributed by atoms with Gasteiger partial charge < -0.3 is 14.6 Å². The van der Waals surface area contributed by atoms with Crippen molar-refractivity contribution in [3.63, 3.8) is 0 Å². The Balaban J connectivity index is 2.01. The van der Waals surface area contributed by atoms with E-state index in [0.717, 1.165) is 0 Å². The number of ether oxygens (including phenoxy) is 2. The van der Waals surface area contributed by atoms with Crippen LogP contribution in [0.5, 0.6) is 11.5 Å². The van der Waals surface area contributed by atoms with Gasteiger partial charge in [-0.15, -0.1) is 0 Å². The SMILES string of the molecule is O=C(O)CCCOC(=O)c1ccccc1Oc1ccccc1. The van der Waals surface area contributed by atoms with Crippen LogP contribution in [0.2, 0.25) is 0 Å². The van der Waals surface area contributed by atoms with E-state index in [-0.39, 0.29) is 19.4 Å². The van der Waals surface area contributed by atoms with E-state index >= 15 is 0 Å². The Labute approximate surface area is 128 Å². The van der Waals surface area contributed by atoms with Gasteiger partial charge in [0.2, 0.25) is 0 Å². The van der Waals surface area contributed by atoms with Gasteiger partial charge >= 0.3 is 11.9 Å². The van der Waals surface area contributed by atoms with E-state index in [4.69, 9.17) is 14.6 Å². The molecule has 5 heteroatoms. The average Bonchev–Trinajstić information content (AvgIpc) is 2.53. The molecule has 114 valence electrons. The predicted octanol–water partition coefficient (Wildman–Crippen LogP) is 3.50. The van der Waals surface area contributed by atoms with Crippen molar-refractivity contribution < 1.29 is 24.2 Å². The number of carboxylic acid groups (broad SMARTS) is 1. The van der Waals surface area contributed by atoms with Gasteiger partial charge in [-0.05, 0) is 30.7 Å². The van der Waals surface area contributed by atoms with Crippen LogP contribution in [0.1, 0.15) is 23.2 Å². The van der Waals surface area contributed by atoms with E-state index < -0.39 is 11.9 Å². The molecule has 0 fully saturated rings. The monoisotopic (exact) mass is 300 g/mol. The van der Waals surface area contributed by atoms with E-state index in [0.29, 0.717) is 17.1 Å². The number of carboxylic acids is 1. The molecule has 0 saturated carbocycles. The van der Waals surface area contributed by atoms with Gasteiger partial charge in [0.1, 0.15) is 17.1 Å². The Kier molecular flexibility index (Phi) is 5.54. The number of benzene rings is 2. The Morgan fingerprint density at radius 2 is 1.64 bits per heavy atom. The number of rotatable bonds is 7. The van der Waals surface area contributed by atoms with Gasteiger partial charge in [-0.3, -0.25) is 4.79 Å². The van der Waals surface area contributed by atoms with Crippen LogP contribution in [0.3, 0.4) is 0 Å². The van der Waals surface area contributed by atoms with Crippen molar-refractivity contribution in [1.29, 1.82) is 0 Å². The van der Waals surface area contributed by atoms with Gasteiger partial charge in [-0.1, -0.05) is 30.3 Å². The lowest BCUT2D eigenvalue weighted by molar-refractivity contribution is -0.137. The van der Waals surface area contributed by atoms with Crippen LogP contribution in [-0.4, -0.2) is 23.7 Å². The summed E-state index contributed by atoms with van der Waals surface area (Å²) in [5, 5.41) is 8.54. The molecule has 0 atom stereocenters. The molecule has 0 radical (unpaired) electrons. The zero-order valence-electron chi connectivity index (χ0n) is 11.9. The summed E-state index contributed by atoms with van der Waals surface area (Å²) in [6.45, 7) is 0.0603. The molecule has 0 aliphatic carbocycles. The van der Waals surface area contributed by atoms with Crippen molar-refractivity contribution >= 4 is 11.9 Å². The third-order valence-corrected chi connectivity index (χ3v) is 2.85. The van der Waals surface area contributed by atoms with Crippen LogP contribution >= 0.6 is 0 Å². The van der Waals surface area contributed by atoms with Crippen LogP contribution in [0.25, 0.3) is 0 Å². The standard InChI is InChI=1S/C17H16O5/c18-16(19)11-6-12-21-17(20)14-9-4-5-10-15(14)22-13-7-2-1-3-8-13/h1-5,7-10H,6,11-12H2,(H,18,19). The maximum atomic E-state index is 12.1. The van der Waals surface area contributed by atoms with Crippen LogP contribution in [0.15, 0.2) is 54.6 Å². The molecule has 0 aliphatic rings. The van der Waals surface area contributed by atoms with E-state index in [9.17, 15) is 9.59 Å². The lowest BCUT2D eigenvalue weighted by atomic mass is 10.2. The van der Waals surface area contributed by atoms with Crippen molar-refractivity contribution in [1.82, 2.24) is 0 Å². The summed E-state index contributed by atoms with van der Waals surface area (Å²) in [6.07, 6.45) is 0.248. The number of aliphatic carboxylic acids is 1. The molecule has 2 aromatic rings. The van der Waals surface area contributed by atoms with Gasteiger partial charge in [-0.2, -0.15) is 0 Å². The Hall–Kier alpha value is -2.82. The summed E-state index contributed by atoms with van der Waals surface area (Å²) in [5.74, 6) is -0.425. The lowest BCUT2D eigenvalue weighted by Gasteiger charge is -2.10. The van der Waals surface area contributed by atoms with Crippen molar-refractivity contribution in [2.45, 2.75) is 12.8 Å². The highest BCUT2D eigenvalue weighted by molar-refractivity contribution is 5.92. The Bertz CT molecular complexity index is 637. The summed E-state index contributed by atoms with van der Waals surface area (Å²) < 4.78 is 10.8. The van der Waals surface area contributed by atoms with Crippen LogP contribution < -0.4 is 4.74 Å². The number of carbonyl (C=O) groups is 2. The minimum Gasteiger partial charge on any atom is -0.481 e. The summed E-state index contributed by atoms with van der Waals surface area (Å²) in [5.41, 5.74) is 0.307. The maximum Gasteiger partial charge on any atom is 0.341 e. The minimum absolute atomic E-state index is 0.0323. The maximum absolute atomic E-state index is 12.1. The van der Waals surface area contributed by atoms with Crippen LogP contribution in [-0.2, 0) is 9.53 Å². The molecule has 0 aromatic heterocycles. The Morgan fingerprint density at radius 3 is 2.36 bits per heavy atom. The molecule has 2 rings (SSSR count). The molecule has 0 heterocycles. The molecule has 0 amide bonds. The molecule has 1 N–H and O–H groups in total. The Morgan fingerprint density at radius 1 is 0.955 bits per heavy atom. The van der Waals surface area contributed by atoms with Gasteiger partial charge in [0.05, 0.1) is 6.61 Å². The molecule has 2 aromatic carbocycles. The van der Waals surface area contributed by atoms with Crippen LogP contribution in [0.4, 0.5) is 0 Å². The van der Waals surface area contributed by atoms with E-state index in [2.05, 4.69) is 0 Å². The first-order valence-electron chi connectivity index (χ1n) is 6.87.